The van der Waals surface area contributed by atoms with E-state index in [1.807, 2.05) is 0 Å². The first kappa shape index (κ1) is 17.0. The van der Waals surface area contributed by atoms with Gasteiger partial charge in [-0.3, -0.25) is 0 Å². The van der Waals surface area contributed by atoms with Crippen molar-refractivity contribution in [1.82, 2.24) is 0 Å². The van der Waals surface area contributed by atoms with Crippen LogP contribution >= 0.6 is 0 Å². The minimum absolute atomic E-state index is 0.0749. The lowest BCUT2D eigenvalue weighted by molar-refractivity contribution is -0.138. The average molecular weight is 304 g/mol. The predicted octanol–water partition coefficient (Wildman–Crippen LogP) is 3.22. The number of carboxylic acid groups (broad SMARTS) is 1. The second-order valence-corrected chi connectivity index (χ2v) is 4.11. The van der Waals surface area contributed by atoms with Gasteiger partial charge < -0.3 is 14.6 Å². The number of aliphatic carboxylic acids is 1. The van der Waals surface area contributed by atoms with Crippen molar-refractivity contribution >= 4 is 12.0 Å². The molecule has 1 rings (SSSR count). The number of hydrogen-bond donors (Lipinski definition) is 1. The Hall–Kier alpha value is -2.02. The fraction of sp³-hybridized carbons (Fsp3) is 0.357. The van der Waals surface area contributed by atoms with Crippen molar-refractivity contribution in [3.05, 3.63) is 35.4 Å². The Morgan fingerprint density at radius 1 is 1.33 bits per heavy atom. The maximum Gasteiger partial charge on any atom is 0.417 e. The summed E-state index contributed by atoms with van der Waals surface area (Å²) in [6.07, 6.45) is -2.48. The van der Waals surface area contributed by atoms with E-state index in [1.165, 1.54) is 19.2 Å². The summed E-state index contributed by atoms with van der Waals surface area (Å²) >= 11 is 0. The van der Waals surface area contributed by atoms with Gasteiger partial charge in [0.15, 0.2) is 0 Å². The van der Waals surface area contributed by atoms with Crippen molar-refractivity contribution in [2.45, 2.75) is 12.6 Å². The van der Waals surface area contributed by atoms with Crippen LogP contribution in [0.15, 0.2) is 24.3 Å². The predicted molar refractivity (Wildman–Crippen MR) is 70.1 cm³/mol. The molecule has 0 heterocycles. The standard InChI is InChI=1S/C14H15F3O4/c1-20-7-2-8-21-11-5-3-10(4-6-13(18)19)12(9-11)14(15,16)17/h3-6,9H,2,7-8H2,1H3,(H,18,19)/b6-4+. The van der Waals surface area contributed by atoms with E-state index in [1.54, 1.807) is 0 Å². The molecule has 1 aromatic carbocycles. The van der Waals surface area contributed by atoms with E-state index >= 15 is 0 Å². The summed E-state index contributed by atoms with van der Waals surface area (Å²) in [6, 6.07) is 3.39. The third-order valence-corrected chi connectivity index (χ3v) is 2.50. The summed E-state index contributed by atoms with van der Waals surface area (Å²) in [6.45, 7) is 0.682. The van der Waals surface area contributed by atoms with E-state index in [0.717, 1.165) is 12.1 Å². The van der Waals surface area contributed by atoms with E-state index < -0.39 is 17.7 Å². The monoisotopic (exact) mass is 304 g/mol. The molecule has 4 nitrogen and oxygen atoms in total. The van der Waals surface area contributed by atoms with Gasteiger partial charge in [0, 0.05) is 26.2 Å². The molecule has 0 saturated heterocycles. The van der Waals surface area contributed by atoms with Crippen LogP contribution in [0.2, 0.25) is 0 Å². The first-order valence-electron chi connectivity index (χ1n) is 6.08. The molecule has 0 fully saturated rings. The van der Waals surface area contributed by atoms with Crippen LogP contribution in [0.25, 0.3) is 6.08 Å². The Bertz CT molecular complexity index is 509. The van der Waals surface area contributed by atoms with Gasteiger partial charge in [0.1, 0.15) is 5.75 Å². The Labute approximate surface area is 119 Å². The number of methoxy groups -OCH3 is 1. The van der Waals surface area contributed by atoms with Gasteiger partial charge in [-0.25, -0.2) is 4.79 Å². The molecule has 0 amide bonds. The highest BCUT2D eigenvalue weighted by atomic mass is 19.4. The molecule has 116 valence electrons. The minimum atomic E-state index is -4.59. The minimum Gasteiger partial charge on any atom is -0.493 e. The van der Waals surface area contributed by atoms with E-state index in [9.17, 15) is 18.0 Å². The maximum atomic E-state index is 12.9. The zero-order valence-electron chi connectivity index (χ0n) is 11.3. The molecule has 0 aliphatic rings. The number of rotatable bonds is 7. The lowest BCUT2D eigenvalue weighted by Gasteiger charge is -2.13. The van der Waals surface area contributed by atoms with Gasteiger partial charge in [0.05, 0.1) is 12.2 Å². The summed E-state index contributed by atoms with van der Waals surface area (Å²) in [5, 5.41) is 8.49. The first-order valence-corrected chi connectivity index (χ1v) is 6.08. The molecule has 0 atom stereocenters. The number of hydrogen-bond acceptors (Lipinski definition) is 3. The number of alkyl halides is 3. The van der Waals surface area contributed by atoms with Crippen LogP contribution < -0.4 is 4.74 Å². The number of carboxylic acids is 1. The zero-order chi connectivity index (χ0) is 15.9. The highest BCUT2D eigenvalue weighted by Gasteiger charge is 2.33. The van der Waals surface area contributed by atoms with E-state index in [2.05, 4.69) is 0 Å². The van der Waals surface area contributed by atoms with Crippen LogP contribution in [-0.4, -0.2) is 31.4 Å². The van der Waals surface area contributed by atoms with Crippen LogP contribution in [0.1, 0.15) is 17.5 Å². The summed E-state index contributed by atoms with van der Waals surface area (Å²) in [5.74, 6) is -1.24. The van der Waals surface area contributed by atoms with Crippen LogP contribution in [0.5, 0.6) is 5.75 Å². The number of carbonyl (C=O) groups is 1. The van der Waals surface area contributed by atoms with Gasteiger partial charge in [0.2, 0.25) is 0 Å². The van der Waals surface area contributed by atoms with E-state index in [4.69, 9.17) is 14.6 Å². The summed E-state index contributed by atoms with van der Waals surface area (Å²) in [7, 11) is 1.52. The van der Waals surface area contributed by atoms with Gasteiger partial charge in [-0.05, 0) is 23.8 Å². The van der Waals surface area contributed by atoms with Gasteiger partial charge in [-0.15, -0.1) is 0 Å². The first-order chi connectivity index (χ1) is 9.84. The summed E-state index contributed by atoms with van der Waals surface area (Å²) in [4.78, 5) is 10.4. The SMILES string of the molecule is COCCCOc1ccc(/C=C/C(=O)O)c(C(F)(F)F)c1. The Morgan fingerprint density at radius 2 is 2.05 bits per heavy atom. The molecule has 0 aliphatic heterocycles. The third kappa shape index (κ3) is 5.86. The molecule has 0 unspecified atom stereocenters. The van der Waals surface area contributed by atoms with Crippen molar-refractivity contribution in [3.8, 4) is 5.75 Å². The van der Waals surface area contributed by atoms with Gasteiger partial charge >= 0.3 is 12.1 Å². The second-order valence-electron chi connectivity index (χ2n) is 4.11. The van der Waals surface area contributed by atoms with Gasteiger partial charge in [0.25, 0.3) is 0 Å². The number of benzene rings is 1. The highest BCUT2D eigenvalue weighted by Crippen LogP contribution is 2.35. The highest BCUT2D eigenvalue weighted by molar-refractivity contribution is 5.85. The van der Waals surface area contributed by atoms with Crippen molar-refractivity contribution in [2.75, 3.05) is 20.3 Å². The molecule has 0 aromatic heterocycles. The Balaban J connectivity index is 2.94. The van der Waals surface area contributed by atoms with Crippen LogP contribution in [-0.2, 0) is 15.7 Å². The largest absolute Gasteiger partial charge is 0.493 e. The fourth-order valence-corrected chi connectivity index (χ4v) is 1.57. The molecular formula is C14H15F3O4. The molecule has 21 heavy (non-hydrogen) atoms. The lowest BCUT2D eigenvalue weighted by atomic mass is 10.1. The number of ether oxygens (including phenoxy) is 2. The van der Waals surface area contributed by atoms with Crippen molar-refractivity contribution in [3.63, 3.8) is 0 Å². The van der Waals surface area contributed by atoms with Crippen LogP contribution in [0.3, 0.4) is 0 Å². The zero-order valence-corrected chi connectivity index (χ0v) is 11.3. The second kappa shape index (κ2) is 7.68. The smallest absolute Gasteiger partial charge is 0.417 e. The van der Waals surface area contributed by atoms with Crippen molar-refractivity contribution < 1.29 is 32.5 Å². The molecule has 1 N–H and O–H groups in total. The molecule has 1 aromatic rings. The quantitative estimate of drug-likeness (QED) is 0.621. The molecule has 0 radical (unpaired) electrons. The van der Waals surface area contributed by atoms with E-state index in [-0.39, 0.29) is 17.9 Å². The normalized spacial score (nSPS) is 11.8. The fourth-order valence-electron chi connectivity index (χ4n) is 1.57. The van der Waals surface area contributed by atoms with Gasteiger partial charge in [-0.1, -0.05) is 6.07 Å². The molecule has 0 bridgehead atoms. The molecule has 0 spiro atoms. The van der Waals surface area contributed by atoms with Crippen molar-refractivity contribution in [2.24, 2.45) is 0 Å². The van der Waals surface area contributed by atoms with Crippen LogP contribution in [0, 0.1) is 0 Å². The molecule has 7 heteroatoms. The number of halogens is 3. The van der Waals surface area contributed by atoms with Gasteiger partial charge in [-0.2, -0.15) is 13.2 Å². The summed E-state index contributed by atoms with van der Waals surface area (Å²) < 4.78 is 48.8. The third-order valence-electron chi connectivity index (χ3n) is 2.50. The topological polar surface area (TPSA) is 55.8 Å². The molecule has 0 saturated carbocycles. The van der Waals surface area contributed by atoms with E-state index in [0.29, 0.717) is 19.1 Å². The molecular weight excluding hydrogens is 289 g/mol. The Kier molecular flexibility index (Phi) is 6.23. The van der Waals surface area contributed by atoms with Crippen LogP contribution in [0.4, 0.5) is 13.2 Å². The average Bonchev–Trinajstić information content (AvgIpc) is 2.41. The molecule has 0 aliphatic carbocycles. The van der Waals surface area contributed by atoms with Crippen molar-refractivity contribution in [1.29, 1.82) is 0 Å². The lowest BCUT2D eigenvalue weighted by Crippen LogP contribution is -2.09. The maximum absolute atomic E-state index is 12.9. The Morgan fingerprint density at radius 3 is 2.62 bits per heavy atom. The summed E-state index contributed by atoms with van der Waals surface area (Å²) in [5.41, 5.74) is -1.17.